The summed E-state index contributed by atoms with van der Waals surface area (Å²) in [5, 5.41) is 0. The van der Waals surface area contributed by atoms with Gasteiger partial charge in [-0.15, -0.1) is 0 Å². The smallest absolute Gasteiger partial charge is 0.237 e. The SMILES string of the molecule is CCN(C(=O)CN(C)CCCN)C1CCS(=O)(=O)C1. The van der Waals surface area contributed by atoms with E-state index in [1.807, 2.05) is 18.9 Å². The maximum atomic E-state index is 12.2. The Labute approximate surface area is 115 Å². The van der Waals surface area contributed by atoms with Crippen molar-refractivity contribution in [1.29, 1.82) is 0 Å². The Hall–Kier alpha value is -0.660. The fraction of sp³-hybridized carbons (Fsp3) is 0.917. The van der Waals surface area contributed by atoms with Crippen molar-refractivity contribution >= 4 is 15.7 Å². The first-order valence-corrected chi connectivity index (χ1v) is 8.60. The molecule has 1 aliphatic rings. The highest BCUT2D eigenvalue weighted by Crippen LogP contribution is 2.17. The molecule has 0 aromatic heterocycles. The summed E-state index contributed by atoms with van der Waals surface area (Å²) < 4.78 is 23.0. The van der Waals surface area contributed by atoms with Gasteiger partial charge in [0.15, 0.2) is 9.84 Å². The van der Waals surface area contributed by atoms with E-state index in [0.29, 0.717) is 26.1 Å². The molecule has 1 unspecified atom stereocenters. The van der Waals surface area contributed by atoms with Crippen LogP contribution >= 0.6 is 0 Å². The predicted molar refractivity (Wildman–Crippen MR) is 75.6 cm³/mol. The van der Waals surface area contributed by atoms with E-state index in [2.05, 4.69) is 0 Å². The molecule has 1 rings (SSSR count). The van der Waals surface area contributed by atoms with E-state index >= 15 is 0 Å². The average molecular weight is 291 g/mol. The minimum absolute atomic E-state index is 0.00382. The topological polar surface area (TPSA) is 83.7 Å². The van der Waals surface area contributed by atoms with Gasteiger partial charge in [0.1, 0.15) is 0 Å². The summed E-state index contributed by atoms with van der Waals surface area (Å²) in [7, 11) is -1.07. The van der Waals surface area contributed by atoms with Gasteiger partial charge in [0.2, 0.25) is 5.91 Å². The third kappa shape index (κ3) is 5.08. The second-order valence-electron chi connectivity index (χ2n) is 5.12. The summed E-state index contributed by atoms with van der Waals surface area (Å²) in [4.78, 5) is 15.8. The summed E-state index contributed by atoms with van der Waals surface area (Å²) in [6, 6.07) is -0.148. The van der Waals surface area contributed by atoms with Crippen LogP contribution in [0.25, 0.3) is 0 Å². The number of carbonyl (C=O) groups excluding carboxylic acids is 1. The summed E-state index contributed by atoms with van der Waals surface area (Å²) in [6.07, 6.45) is 1.42. The van der Waals surface area contributed by atoms with Gasteiger partial charge >= 0.3 is 0 Å². The van der Waals surface area contributed by atoms with Crippen LogP contribution in [0.2, 0.25) is 0 Å². The van der Waals surface area contributed by atoms with Crippen LogP contribution in [0, 0.1) is 0 Å². The minimum atomic E-state index is -2.95. The van der Waals surface area contributed by atoms with Gasteiger partial charge in [-0.2, -0.15) is 0 Å². The normalized spacial score (nSPS) is 21.8. The summed E-state index contributed by atoms with van der Waals surface area (Å²) in [5.74, 6) is 0.313. The van der Waals surface area contributed by atoms with Gasteiger partial charge in [0, 0.05) is 12.6 Å². The summed E-state index contributed by atoms with van der Waals surface area (Å²) in [6.45, 7) is 4.16. The first-order valence-electron chi connectivity index (χ1n) is 6.78. The third-order valence-electron chi connectivity index (χ3n) is 3.46. The second kappa shape index (κ2) is 7.21. The Morgan fingerprint density at radius 1 is 1.42 bits per heavy atom. The molecule has 1 heterocycles. The molecule has 1 aliphatic heterocycles. The second-order valence-corrected chi connectivity index (χ2v) is 7.35. The molecule has 0 saturated carbocycles. The van der Waals surface area contributed by atoms with Crippen molar-refractivity contribution in [1.82, 2.24) is 9.80 Å². The van der Waals surface area contributed by atoms with Crippen LogP contribution in [0.15, 0.2) is 0 Å². The lowest BCUT2D eigenvalue weighted by Crippen LogP contribution is -2.45. The van der Waals surface area contributed by atoms with Crippen LogP contribution in [0.3, 0.4) is 0 Å². The zero-order valence-corrected chi connectivity index (χ0v) is 12.7. The Kier molecular flexibility index (Phi) is 6.22. The quantitative estimate of drug-likeness (QED) is 0.671. The number of nitrogens with zero attached hydrogens (tertiary/aromatic N) is 2. The van der Waals surface area contributed by atoms with Crippen LogP contribution in [0.4, 0.5) is 0 Å². The van der Waals surface area contributed by atoms with Crippen molar-refractivity contribution in [3.63, 3.8) is 0 Å². The van der Waals surface area contributed by atoms with E-state index in [1.54, 1.807) is 4.90 Å². The molecule has 1 saturated heterocycles. The molecular formula is C12H25N3O3S. The van der Waals surface area contributed by atoms with Crippen molar-refractivity contribution in [2.75, 3.05) is 44.7 Å². The van der Waals surface area contributed by atoms with Crippen molar-refractivity contribution in [2.24, 2.45) is 5.73 Å². The van der Waals surface area contributed by atoms with Gasteiger partial charge < -0.3 is 10.6 Å². The van der Waals surface area contributed by atoms with Gasteiger partial charge in [-0.25, -0.2) is 8.42 Å². The predicted octanol–water partition coefficient (Wildman–Crippen LogP) is -0.697. The Balaban J connectivity index is 2.53. The van der Waals surface area contributed by atoms with E-state index in [1.165, 1.54) is 0 Å². The van der Waals surface area contributed by atoms with Gasteiger partial charge in [-0.3, -0.25) is 9.69 Å². The Bertz CT molecular complexity index is 397. The summed E-state index contributed by atoms with van der Waals surface area (Å²) in [5.41, 5.74) is 5.43. The number of hydrogen-bond donors (Lipinski definition) is 1. The molecule has 0 aromatic rings. The fourth-order valence-electron chi connectivity index (χ4n) is 2.42. The number of rotatable bonds is 7. The molecule has 0 aliphatic carbocycles. The Morgan fingerprint density at radius 3 is 2.58 bits per heavy atom. The standard InChI is InChI=1S/C12H25N3O3S/c1-3-15(11-5-8-19(17,18)10-11)12(16)9-14(2)7-4-6-13/h11H,3-10,13H2,1-2H3. The first kappa shape index (κ1) is 16.4. The molecule has 0 radical (unpaired) electrons. The van der Waals surface area contributed by atoms with Crippen LogP contribution < -0.4 is 5.73 Å². The molecule has 0 spiro atoms. The molecule has 1 amide bonds. The van der Waals surface area contributed by atoms with E-state index in [9.17, 15) is 13.2 Å². The molecular weight excluding hydrogens is 266 g/mol. The number of sulfone groups is 1. The van der Waals surface area contributed by atoms with E-state index in [0.717, 1.165) is 13.0 Å². The fourth-order valence-corrected chi connectivity index (χ4v) is 4.15. The largest absolute Gasteiger partial charge is 0.338 e. The maximum absolute atomic E-state index is 12.2. The molecule has 1 atom stereocenters. The lowest BCUT2D eigenvalue weighted by Gasteiger charge is -2.29. The van der Waals surface area contributed by atoms with Gasteiger partial charge in [0.25, 0.3) is 0 Å². The minimum Gasteiger partial charge on any atom is -0.338 e. The van der Waals surface area contributed by atoms with Crippen molar-refractivity contribution in [3.05, 3.63) is 0 Å². The molecule has 0 aromatic carbocycles. The lowest BCUT2D eigenvalue weighted by molar-refractivity contribution is -0.133. The van der Waals surface area contributed by atoms with E-state index in [4.69, 9.17) is 5.73 Å². The molecule has 7 heteroatoms. The molecule has 6 nitrogen and oxygen atoms in total. The van der Waals surface area contributed by atoms with Crippen molar-refractivity contribution in [3.8, 4) is 0 Å². The molecule has 19 heavy (non-hydrogen) atoms. The molecule has 2 N–H and O–H groups in total. The molecule has 1 fully saturated rings. The van der Waals surface area contributed by atoms with Gasteiger partial charge in [-0.05, 0) is 39.9 Å². The van der Waals surface area contributed by atoms with Crippen LogP contribution in [-0.2, 0) is 14.6 Å². The lowest BCUT2D eigenvalue weighted by atomic mass is 10.2. The van der Waals surface area contributed by atoms with Crippen molar-refractivity contribution < 1.29 is 13.2 Å². The summed E-state index contributed by atoms with van der Waals surface area (Å²) >= 11 is 0. The van der Waals surface area contributed by atoms with E-state index in [-0.39, 0.29) is 23.5 Å². The zero-order valence-electron chi connectivity index (χ0n) is 11.8. The Morgan fingerprint density at radius 2 is 2.11 bits per heavy atom. The zero-order chi connectivity index (χ0) is 14.5. The first-order chi connectivity index (χ1) is 8.89. The third-order valence-corrected chi connectivity index (χ3v) is 5.21. The van der Waals surface area contributed by atoms with Crippen molar-refractivity contribution in [2.45, 2.75) is 25.8 Å². The van der Waals surface area contributed by atoms with Crippen LogP contribution in [0.5, 0.6) is 0 Å². The maximum Gasteiger partial charge on any atom is 0.237 e. The highest BCUT2D eigenvalue weighted by atomic mass is 32.2. The molecule has 0 bridgehead atoms. The average Bonchev–Trinajstić information content (AvgIpc) is 2.67. The monoisotopic (exact) mass is 291 g/mol. The van der Waals surface area contributed by atoms with Crippen LogP contribution in [-0.4, -0.2) is 74.9 Å². The van der Waals surface area contributed by atoms with Crippen LogP contribution in [0.1, 0.15) is 19.8 Å². The van der Waals surface area contributed by atoms with Gasteiger partial charge in [0.05, 0.1) is 18.1 Å². The van der Waals surface area contributed by atoms with Gasteiger partial charge in [-0.1, -0.05) is 0 Å². The number of nitrogens with two attached hydrogens (primary N) is 1. The highest BCUT2D eigenvalue weighted by molar-refractivity contribution is 7.91. The highest BCUT2D eigenvalue weighted by Gasteiger charge is 2.33. The number of likely N-dealkylation sites (N-methyl/N-ethyl adjacent to an activating group) is 2. The molecule has 112 valence electrons. The van der Waals surface area contributed by atoms with E-state index < -0.39 is 9.84 Å². The number of hydrogen-bond acceptors (Lipinski definition) is 5. The number of carbonyl (C=O) groups is 1. The number of amides is 1.